The molecular formula is C18H20N2O3S2. The van der Waals surface area contributed by atoms with Crippen molar-refractivity contribution in [2.24, 2.45) is 0 Å². The van der Waals surface area contributed by atoms with Crippen LogP contribution in [0.4, 0.5) is 0 Å². The summed E-state index contributed by atoms with van der Waals surface area (Å²) < 4.78 is 0. The van der Waals surface area contributed by atoms with Crippen LogP contribution in [0.25, 0.3) is 0 Å². The molecule has 0 unspecified atom stereocenters. The molecule has 1 amide bonds. The Labute approximate surface area is 155 Å². The highest BCUT2D eigenvalue weighted by atomic mass is 32.2. The van der Waals surface area contributed by atoms with Gasteiger partial charge in [-0.3, -0.25) is 9.59 Å². The summed E-state index contributed by atoms with van der Waals surface area (Å²) in [5.74, 6) is -0.459. The number of hydrogen-bond acceptors (Lipinski definition) is 5. The molecule has 0 spiro atoms. The van der Waals surface area contributed by atoms with Crippen molar-refractivity contribution in [1.29, 1.82) is 0 Å². The number of carboxylic acids is 1. The molecule has 2 aromatic rings. The Morgan fingerprint density at radius 1 is 1.36 bits per heavy atom. The van der Waals surface area contributed by atoms with Crippen LogP contribution < -0.4 is 0 Å². The second-order valence-electron chi connectivity index (χ2n) is 6.05. The second-order valence-corrected chi connectivity index (χ2v) is 7.82. The predicted molar refractivity (Wildman–Crippen MR) is 99.6 cm³/mol. The van der Waals surface area contributed by atoms with Crippen molar-refractivity contribution < 1.29 is 14.7 Å². The van der Waals surface area contributed by atoms with E-state index >= 15 is 0 Å². The largest absolute Gasteiger partial charge is 0.481 e. The van der Waals surface area contributed by atoms with E-state index in [0.717, 1.165) is 28.3 Å². The van der Waals surface area contributed by atoms with Gasteiger partial charge in [-0.2, -0.15) is 0 Å². The van der Waals surface area contributed by atoms with Crippen LogP contribution >= 0.6 is 23.1 Å². The summed E-state index contributed by atoms with van der Waals surface area (Å²) in [6, 6.07) is 7.74. The number of carbonyl (C=O) groups is 2. The number of aliphatic carboxylic acids is 1. The van der Waals surface area contributed by atoms with Crippen LogP contribution in [0.15, 0.2) is 34.5 Å². The highest BCUT2D eigenvalue weighted by Gasteiger charge is 2.26. The zero-order valence-electron chi connectivity index (χ0n) is 14.0. The van der Waals surface area contributed by atoms with Crippen molar-refractivity contribution in [2.45, 2.75) is 30.1 Å². The normalized spacial score (nSPS) is 15.3. The molecule has 1 fully saturated rings. The summed E-state index contributed by atoms with van der Waals surface area (Å²) in [6.07, 6.45) is 3.71. The predicted octanol–water partition coefficient (Wildman–Crippen LogP) is 3.51. The molecule has 2 heterocycles. The lowest BCUT2D eigenvalue weighted by molar-refractivity contribution is -0.136. The Bertz CT molecular complexity index is 767. The zero-order valence-corrected chi connectivity index (χ0v) is 15.6. The number of amides is 1. The Morgan fingerprint density at radius 2 is 2.12 bits per heavy atom. The van der Waals surface area contributed by atoms with E-state index in [9.17, 15) is 9.59 Å². The first-order chi connectivity index (χ1) is 12.1. The van der Waals surface area contributed by atoms with Crippen molar-refractivity contribution in [1.82, 2.24) is 9.88 Å². The molecule has 132 valence electrons. The van der Waals surface area contributed by atoms with Gasteiger partial charge in [0.2, 0.25) is 0 Å². The number of carbonyl (C=O) groups excluding carboxylic acids is 1. The highest BCUT2D eigenvalue weighted by Crippen LogP contribution is 2.31. The molecule has 5 nitrogen and oxygen atoms in total. The van der Waals surface area contributed by atoms with E-state index < -0.39 is 5.97 Å². The SMILES string of the molecule is CSc1cccc(C(=O)N2CCC(c3nc(CC(=O)O)cs3)CC2)c1. The van der Waals surface area contributed by atoms with E-state index in [1.54, 1.807) is 11.8 Å². The minimum atomic E-state index is -0.857. The summed E-state index contributed by atoms with van der Waals surface area (Å²) in [5, 5.41) is 11.7. The molecule has 0 atom stereocenters. The van der Waals surface area contributed by atoms with Gasteiger partial charge in [0.25, 0.3) is 5.91 Å². The number of hydrogen-bond donors (Lipinski definition) is 1. The lowest BCUT2D eigenvalue weighted by Gasteiger charge is -2.31. The van der Waals surface area contributed by atoms with Crippen LogP contribution in [0.3, 0.4) is 0 Å². The topological polar surface area (TPSA) is 70.5 Å². The summed E-state index contributed by atoms with van der Waals surface area (Å²) in [7, 11) is 0. The first-order valence-corrected chi connectivity index (χ1v) is 10.3. The Hall–Kier alpha value is -1.86. The van der Waals surface area contributed by atoms with Gasteiger partial charge in [-0.1, -0.05) is 6.07 Å². The summed E-state index contributed by atoms with van der Waals surface area (Å²) in [4.78, 5) is 30.9. The maximum Gasteiger partial charge on any atom is 0.309 e. The number of thioether (sulfide) groups is 1. The van der Waals surface area contributed by atoms with Gasteiger partial charge >= 0.3 is 5.97 Å². The van der Waals surface area contributed by atoms with Crippen LogP contribution in [0.2, 0.25) is 0 Å². The Balaban J connectivity index is 1.60. The standard InChI is InChI=1S/C18H20N2O3S2/c1-24-15-4-2-3-13(9-15)18(23)20-7-5-12(6-8-20)17-19-14(11-25-17)10-16(21)22/h2-4,9,11-12H,5-8,10H2,1H3,(H,21,22). The highest BCUT2D eigenvalue weighted by molar-refractivity contribution is 7.98. The fourth-order valence-electron chi connectivity index (χ4n) is 3.01. The Morgan fingerprint density at radius 3 is 2.80 bits per heavy atom. The first kappa shape index (κ1) is 17.9. The number of rotatable bonds is 5. The van der Waals surface area contributed by atoms with Gasteiger partial charge in [-0.05, 0) is 37.3 Å². The molecule has 0 bridgehead atoms. The third-order valence-electron chi connectivity index (χ3n) is 4.35. The van der Waals surface area contributed by atoms with Gasteiger partial charge in [0.15, 0.2) is 0 Å². The molecule has 0 saturated carbocycles. The van der Waals surface area contributed by atoms with E-state index in [1.165, 1.54) is 11.3 Å². The minimum absolute atomic E-state index is 0.0282. The van der Waals surface area contributed by atoms with Gasteiger partial charge in [0, 0.05) is 34.8 Å². The average Bonchev–Trinajstić information content (AvgIpc) is 3.09. The molecule has 1 aromatic heterocycles. The molecule has 1 aliphatic rings. The number of thiazole rings is 1. The van der Waals surface area contributed by atoms with E-state index in [2.05, 4.69) is 4.98 Å². The maximum atomic E-state index is 12.7. The minimum Gasteiger partial charge on any atom is -0.481 e. The van der Waals surface area contributed by atoms with Crippen LogP contribution in [0.1, 0.15) is 39.8 Å². The third-order valence-corrected chi connectivity index (χ3v) is 6.13. The first-order valence-electron chi connectivity index (χ1n) is 8.16. The molecule has 1 aromatic carbocycles. The van der Waals surface area contributed by atoms with Gasteiger partial charge in [-0.15, -0.1) is 23.1 Å². The molecule has 7 heteroatoms. The number of carboxylic acid groups (broad SMARTS) is 1. The molecule has 3 rings (SSSR count). The number of benzene rings is 1. The van der Waals surface area contributed by atoms with Crippen molar-refractivity contribution >= 4 is 35.0 Å². The Kier molecular flexibility index (Phi) is 5.75. The number of likely N-dealkylation sites (tertiary alicyclic amines) is 1. The van der Waals surface area contributed by atoms with Gasteiger partial charge in [0.1, 0.15) is 0 Å². The molecular weight excluding hydrogens is 356 g/mol. The second kappa shape index (κ2) is 8.01. The van der Waals surface area contributed by atoms with E-state index in [4.69, 9.17) is 5.11 Å². The summed E-state index contributed by atoms with van der Waals surface area (Å²) in [6.45, 7) is 1.42. The monoisotopic (exact) mass is 376 g/mol. The van der Waals surface area contributed by atoms with Crippen LogP contribution in [0, 0.1) is 0 Å². The lowest BCUT2D eigenvalue weighted by Crippen LogP contribution is -2.37. The van der Waals surface area contributed by atoms with Gasteiger partial charge in [0.05, 0.1) is 17.1 Å². The van der Waals surface area contributed by atoms with Crippen molar-refractivity contribution in [3.63, 3.8) is 0 Å². The molecule has 1 aliphatic heterocycles. The molecule has 1 N–H and O–H groups in total. The average molecular weight is 377 g/mol. The molecule has 1 saturated heterocycles. The van der Waals surface area contributed by atoms with Gasteiger partial charge in [-0.25, -0.2) is 4.98 Å². The third kappa shape index (κ3) is 4.41. The van der Waals surface area contributed by atoms with E-state index in [1.807, 2.05) is 40.8 Å². The van der Waals surface area contributed by atoms with E-state index in [-0.39, 0.29) is 12.3 Å². The maximum absolute atomic E-state index is 12.7. The summed E-state index contributed by atoms with van der Waals surface area (Å²) >= 11 is 3.16. The number of nitrogens with zero attached hydrogens (tertiary/aromatic N) is 2. The molecule has 25 heavy (non-hydrogen) atoms. The van der Waals surface area contributed by atoms with Crippen molar-refractivity contribution in [3.05, 3.63) is 45.9 Å². The van der Waals surface area contributed by atoms with Gasteiger partial charge < -0.3 is 10.0 Å². The smallest absolute Gasteiger partial charge is 0.309 e. The molecule has 0 aliphatic carbocycles. The van der Waals surface area contributed by atoms with Crippen LogP contribution in [-0.2, 0) is 11.2 Å². The number of piperidine rings is 1. The fourth-order valence-corrected chi connectivity index (χ4v) is 4.46. The number of aromatic nitrogens is 1. The summed E-state index contributed by atoms with van der Waals surface area (Å²) in [5.41, 5.74) is 1.36. The van der Waals surface area contributed by atoms with Crippen LogP contribution in [0.5, 0.6) is 0 Å². The van der Waals surface area contributed by atoms with E-state index in [0.29, 0.717) is 24.7 Å². The fraction of sp³-hybridized carbons (Fsp3) is 0.389. The van der Waals surface area contributed by atoms with Crippen LogP contribution in [-0.4, -0.2) is 46.2 Å². The quantitative estimate of drug-likeness (QED) is 0.809. The van der Waals surface area contributed by atoms with Crippen molar-refractivity contribution in [2.75, 3.05) is 19.3 Å². The molecule has 0 radical (unpaired) electrons. The zero-order chi connectivity index (χ0) is 17.8. The lowest BCUT2D eigenvalue weighted by atomic mass is 9.97. The van der Waals surface area contributed by atoms with Crippen molar-refractivity contribution in [3.8, 4) is 0 Å².